The SMILES string of the molecule is C=CCc1cc(C2NCCc3[nH]cnc32)ccc1OC. The monoisotopic (exact) mass is 269 g/mol. The van der Waals surface area contributed by atoms with Gasteiger partial charge in [-0.25, -0.2) is 4.98 Å². The van der Waals surface area contributed by atoms with E-state index in [0.717, 1.165) is 36.4 Å². The number of allylic oxidation sites excluding steroid dienone is 1. The number of ether oxygens (including phenoxy) is 1. The van der Waals surface area contributed by atoms with Crippen molar-refractivity contribution in [1.82, 2.24) is 15.3 Å². The summed E-state index contributed by atoms with van der Waals surface area (Å²) in [7, 11) is 1.70. The minimum atomic E-state index is 0.152. The fraction of sp³-hybridized carbons (Fsp3) is 0.312. The molecule has 1 aliphatic heterocycles. The number of fused-ring (bicyclic) bond motifs is 1. The number of benzene rings is 1. The summed E-state index contributed by atoms with van der Waals surface area (Å²) in [5, 5.41) is 3.54. The molecule has 104 valence electrons. The summed E-state index contributed by atoms with van der Waals surface area (Å²) in [6, 6.07) is 6.46. The Labute approximate surface area is 118 Å². The van der Waals surface area contributed by atoms with Crippen LogP contribution in [0.15, 0.2) is 37.2 Å². The second-order valence-electron chi connectivity index (χ2n) is 4.97. The van der Waals surface area contributed by atoms with E-state index in [1.807, 2.05) is 12.1 Å². The molecule has 0 amide bonds. The van der Waals surface area contributed by atoms with Gasteiger partial charge in [-0.3, -0.25) is 0 Å². The number of hydrogen-bond acceptors (Lipinski definition) is 3. The number of aromatic nitrogens is 2. The van der Waals surface area contributed by atoms with Crippen molar-refractivity contribution >= 4 is 0 Å². The molecule has 1 unspecified atom stereocenters. The Morgan fingerprint density at radius 3 is 3.20 bits per heavy atom. The van der Waals surface area contributed by atoms with Gasteiger partial charge < -0.3 is 15.0 Å². The van der Waals surface area contributed by atoms with Crippen molar-refractivity contribution in [2.24, 2.45) is 0 Å². The Morgan fingerprint density at radius 2 is 2.40 bits per heavy atom. The molecule has 0 saturated carbocycles. The van der Waals surface area contributed by atoms with E-state index in [1.54, 1.807) is 13.4 Å². The highest BCUT2D eigenvalue weighted by Crippen LogP contribution is 2.30. The summed E-state index contributed by atoms with van der Waals surface area (Å²) in [5.74, 6) is 0.909. The summed E-state index contributed by atoms with van der Waals surface area (Å²) in [6.07, 6.45) is 5.48. The first kappa shape index (κ1) is 12.9. The molecule has 1 aromatic heterocycles. The van der Waals surface area contributed by atoms with Crippen molar-refractivity contribution in [2.45, 2.75) is 18.9 Å². The topological polar surface area (TPSA) is 49.9 Å². The molecular weight excluding hydrogens is 250 g/mol. The number of nitrogens with one attached hydrogen (secondary N) is 2. The fourth-order valence-corrected chi connectivity index (χ4v) is 2.79. The van der Waals surface area contributed by atoms with Crippen LogP contribution in [0, 0.1) is 0 Å². The molecule has 2 N–H and O–H groups in total. The standard InChI is InChI=1S/C16H19N3O/c1-3-4-11-9-12(5-6-14(11)20-2)15-16-13(7-8-17-15)18-10-19-16/h3,5-6,9-10,15,17H,1,4,7-8H2,2H3,(H,18,19). The molecule has 3 rings (SSSR count). The number of aromatic amines is 1. The molecule has 0 bridgehead atoms. The van der Waals surface area contributed by atoms with E-state index < -0.39 is 0 Å². The van der Waals surface area contributed by atoms with Gasteiger partial charge in [-0.15, -0.1) is 6.58 Å². The minimum absolute atomic E-state index is 0.152. The van der Waals surface area contributed by atoms with Gasteiger partial charge in [0, 0.05) is 18.7 Å². The van der Waals surface area contributed by atoms with Crippen molar-refractivity contribution in [3.63, 3.8) is 0 Å². The lowest BCUT2D eigenvalue weighted by atomic mass is 9.95. The molecule has 4 heteroatoms. The van der Waals surface area contributed by atoms with E-state index in [9.17, 15) is 0 Å². The van der Waals surface area contributed by atoms with Crippen molar-refractivity contribution in [2.75, 3.05) is 13.7 Å². The highest BCUT2D eigenvalue weighted by Gasteiger charge is 2.24. The lowest BCUT2D eigenvalue weighted by molar-refractivity contribution is 0.410. The van der Waals surface area contributed by atoms with Crippen LogP contribution in [-0.4, -0.2) is 23.6 Å². The second-order valence-corrected chi connectivity index (χ2v) is 4.97. The van der Waals surface area contributed by atoms with E-state index in [4.69, 9.17) is 4.74 Å². The number of rotatable bonds is 4. The summed E-state index contributed by atoms with van der Waals surface area (Å²) < 4.78 is 5.40. The van der Waals surface area contributed by atoms with E-state index in [-0.39, 0.29) is 6.04 Å². The Kier molecular flexibility index (Phi) is 3.56. The van der Waals surface area contributed by atoms with E-state index >= 15 is 0 Å². The van der Waals surface area contributed by atoms with Crippen LogP contribution in [0.3, 0.4) is 0 Å². The van der Waals surface area contributed by atoms with Crippen LogP contribution in [0.1, 0.15) is 28.6 Å². The van der Waals surface area contributed by atoms with Gasteiger partial charge in [0.1, 0.15) is 5.75 Å². The van der Waals surface area contributed by atoms with Gasteiger partial charge in [0.2, 0.25) is 0 Å². The molecule has 0 fully saturated rings. The average Bonchev–Trinajstić information content (AvgIpc) is 2.96. The first-order valence-corrected chi connectivity index (χ1v) is 6.86. The first-order chi connectivity index (χ1) is 9.83. The summed E-state index contributed by atoms with van der Waals surface area (Å²) in [6.45, 7) is 4.77. The highest BCUT2D eigenvalue weighted by molar-refractivity contribution is 5.42. The van der Waals surface area contributed by atoms with Gasteiger partial charge in [-0.1, -0.05) is 12.1 Å². The third-order valence-corrected chi connectivity index (χ3v) is 3.75. The number of methoxy groups -OCH3 is 1. The number of hydrogen-bond donors (Lipinski definition) is 2. The van der Waals surface area contributed by atoms with E-state index in [2.05, 4.69) is 34.0 Å². The van der Waals surface area contributed by atoms with Crippen LogP contribution in [0.5, 0.6) is 5.75 Å². The van der Waals surface area contributed by atoms with Crippen LogP contribution in [0.2, 0.25) is 0 Å². The molecule has 1 aromatic carbocycles. The molecule has 1 atom stereocenters. The predicted octanol–water partition coefficient (Wildman–Crippen LogP) is 2.38. The van der Waals surface area contributed by atoms with Gasteiger partial charge in [0.15, 0.2) is 0 Å². The lowest BCUT2D eigenvalue weighted by Crippen LogP contribution is -2.30. The van der Waals surface area contributed by atoms with Crippen LogP contribution in [0.25, 0.3) is 0 Å². The molecule has 0 saturated heterocycles. The molecule has 1 aliphatic rings. The van der Waals surface area contributed by atoms with Crippen LogP contribution in [0.4, 0.5) is 0 Å². The van der Waals surface area contributed by atoms with Gasteiger partial charge >= 0.3 is 0 Å². The first-order valence-electron chi connectivity index (χ1n) is 6.86. The van der Waals surface area contributed by atoms with Crippen molar-refractivity contribution in [3.05, 3.63) is 59.7 Å². The van der Waals surface area contributed by atoms with E-state index in [0.29, 0.717) is 0 Å². The smallest absolute Gasteiger partial charge is 0.122 e. The van der Waals surface area contributed by atoms with Crippen molar-refractivity contribution in [1.29, 1.82) is 0 Å². The summed E-state index contributed by atoms with van der Waals surface area (Å²) >= 11 is 0. The quantitative estimate of drug-likeness (QED) is 0.838. The molecule has 0 radical (unpaired) electrons. The molecule has 0 spiro atoms. The van der Waals surface area contributed by atoms with E-state index in [1.165, 1.54) is 11.3 Å². The zero-order valence-electron chi connectivity index (χ0n) is 11.6. The summed E-state index contributed by atoms with van der Waals surface area (Å²) in [5.41, 5.74) is 4.71. The number of nitrogens with zero attached hydrogens (tertiary/aromatic N) is 1. The van der Waals surface area contributed by atoms with Gasteiger partial charge in [-0.2, -0.15) is 0 Å². The molecule has 0 aliphatic carbocycles. The van der Waals surface area contributed by atoms with Gasteiger partial charge in [0.25, 0.3) is 0 Å². The molecular formula is C16H19N3O. The van der Waals surface area contributed by atoms with Crippen molar-refractivity contribution < 1.29 is 4.74 Å². The van der Waals surface area contributed by atoms with Gasteiger partial charge in [0.05, 0.1) is 25.2 Å². The Balaban J connectivity index is 1.99. The van der Waals surface area contributed by atoms with Gasteiger partial charge in [-0.05, 0) is 29.7 Å². The molecule has 4 nitrogen and oxygen atoms in total. The Hall–Kier alpha value is -2.07. The molecule has 20 heavy (non-hydrogen) atoms. The predicted molar refractivity (Wildman–Crippen MR) is 79.0 cm³/mol. The minimum Gasteiger partial charge on any atom is -0.496 e. The van der Waals surface area contributed by atoms with Crippen LogP contribution in [-0.2, 0) is 12.8 Å². The summed E-state index contributed by atoms with van der Waals surface area (Å²) in [4.78, 5) is 7.69. The maximum Gasteiger partial charge on any atom is 0.122 e. The van der Waals surface area contributed by atoms with Crippen LogP contribution >= 0.6 is 0 Å². The maximum atomic E-state index is 5.40. The average molecular weight is 269 g/mol. The molecule has 2 heterocycles. The second kappa shape index (κ2) is 5.51. The molecule has 2 aromatic rings. The largest absolute Gasteiger partial charge is 0.496 e. The normalized spacial score (nSPS) is 17.6. The van der Waals surface area contributed by atoms with Crippen LogP contribution < -0.4 is 10.1 Å². The fourth-order valence-electron chi connectivity index (χ4n) is 2.79. The number of imidazole rings is 1. The third-order valence-electron chi connectivity index (χ3n) is 3.75. The highest BCUT2D eigenvalue weighted by atomic mass is 16.5. The zero-order chi connectivity index (χ0) is 13.9. The maximum absolute atomic E-state index is 5.40. The number of H-pyrrole nitrogens is 1. The third kappa shape index (κ3) is 2.23. The van der Waals surface area contributed by atoms with Crippen molar-refractivity contribution in [3.8, 4) is 5.75 Å². The lowest BCUT2D eigenvalue weighted by Gasteiger charge is -2.24. The Bertz CT molecular complexity index is 618. The Morgan fingerprint density at radius 1 is 1.50 bits per heavy atom. The zero-order valence-corrected chi connectivity index (χ0v) is 11.6.